The average Bonchev–Trinajstić information content (AvgIpc) is 3.09. The Hall–Kier alpha value is -1.40. The minimum absolute atomic E-state index is 0.123. The minimum Gasteiger partial charge on any atom is -0.373 e. The molecule has 1 aliphatic heterocycles. The van der Waals surface area contributed by atoms with Crippen molar-refractivity contribution in [2.24, 2.45) is 5.92 Å². The molecule has 1 fully saturated rings. The van der Waals surface area contributed by atoms with Crippen LogP contribution in [0.15, 0.2) is 29.1 Å². The van der Waals surface area contributed by atoms with E-state index >= 15 is 0 Å². The lowest BCUT2D eigenvalue weighted by atomic mass is 9.97. The highest BCUT2D eigenvalue weighted by atomic mass is 79.9. The van der Waals surface area contributed by atoms with Crippen molar-refractivity contribution in [1.29, 1.82) is 0 Å². The Bertz CT molecular complexity index is 573. The van der Waals surface area contributed by atoms with Gasteiger partial charge in [0.2, 0.25) is 0 Å². The highest BCUT2D eigenvalue weighted by molar-refractivity contribution is 9.10. The lowest BCUT2D eigenvalue weighted by Crippen LogP contribution is -2.18. The van der Waals surface area contributed by atoms with Crippen LogP contribution in [-0.2, 0) is 4.74 Å². The van der Waals surface area contributed by atoms with Crippen LogP contribution in [0.4, 0.5) is 5.82 Å². The molecule has 1 saturated heterocycles. The SMILES string of the molecule is Cc1cc(NC[C@H]2CCO[C@@H]2c2cn[nH]c2)ncc1Br. The highest BCUT2D eigenvalue weighted by Gasteiger charge is 2.30. The summed E-state index contributed by atoms with van der Waals surface area (Å²) in [5.41, 5.74) is 2.30. The van der Waals surface area contributed by atoms with Crippen LogP contribution >= 0.6 is 15.9 Å². The number of H-pyrrole nitrogens is 1. The second-order valence-corrected chi connectivity index (χ2v) is 5.93. The Kier molecular flexibility index (Phi) is 4.03. The van der Waals surface area contributed by atoms with Crippen LogP contribution < -0.4 is 5.32 Å². The van der Waals surface area contributed by atoms with E-state index in [2.05, 4.69) is 43.4 Å². The molecule has 0 amide bonds. The molecule has 5 nitrogen and oxygen atoms in total. The van der Waals surface area contributed by atoms with Gasteiger partial charge in [0.05, 0.1) is 12.3 Å². The number of halogens is 1. The molecule has 106 valence electrons. The fourth-order valence-electron chi connectivity index (χ4n) is 2.50. The molecule has 2 N–H and O–H groups in total. The van der Waals surface area contributed by atoms with Crippen molar-refractivity contribution in [1.82, 2.24) is 15.2 Å². The molecule has 0 radical (unpaired) electrons. The molecule has 6 heteroatoms. The van der Waals surface area contributed by atoms with E-state index in [4.69, 9.17) is 4.74 Å². The Morgan fingerprint density at radius 2 is 2.40 bits per heavy atom. The lowest BCUT2D eigenvalue weighted by Gasteiger charge is -2.18. The summed E-state index contributed by atoms with van der Waals surface area (Å²) < 4.78 is 6.84. The Morgan fingerprint density at radius 3 is 3.15 bits per heavy atom. The van der Waals surface area contributed by atoms with Gasteiger partial charge in [0.1, 0.15) is 5.82 Å². The third-order valence-corrected chi connectivity index (χ3v) is 4.48. The quantitative estimate of drug-likeness (QED) is 0.900. The third-order valence-electron chi connectivity index (χ3n) is 3.65. The van der Waals surface area contributed by atoms with E-state index in [1.165, 1.54) is 5.56 Å². The van der Waals surface area contributed by atoms with Crippen LogP contribution in [-0.4, -0.2) is 28.3 Å². The fraction of sp³-hybridized carbons (Fsp3) is 0.429. The van der Waals surface area contributed by atoms with Gasteiger partial charge >= 0.3 is 0 Å². The van der Waals surface area contributed by atoms with Gasteiger partial charge in [-0.05, 0) is 40.9 Å². The van der Waals surface area contributed by atoms with Gasteiger partial charge in [-0.1, -0.05) is 0 Å². The maximum Gasteiger partial charge on any atom is 0.126 e. The third kappa shape index (κ3) is 2.86. The van der Waals surface area contributed by atoms with Crippen LogP contribution in [0.1, 0.15) is 23.7 Å². The monoisotopic (exact) mass is 336 g/mol. The molecule has 3 heterocycles. The normalized spacial score (nSPS) is 22.1. The molecule has 2 aromatic heterocycles. The molecular formula is C14H17BrN4O. The van der Waals surface area contributed by atoms with Crippen molar-refractivity contribution in [3.63, 3.8) is 0 Å². The van der Waals surface area contributed by atoms with Crippen LogP contribution in [0.25, 0.3) is 0 Å². The second-order valence-electron chi connectivity index (χ2n) is 5.07. The second kappa shape index (κ2) is 5.93. The minimum atomic E-state index is 0.123. The van der Waals surface area contributed by atoms with Crippen molar-refractivity contribution in [3.05, 3.63) is 40.3 Å². The van der Waals surface area contributed by atoms with Crippen LogP contribution in [0.2, 0.25) is 0 Å². The summed E-state index contributed by atoms with van der Waals surface area (Å²) in [5.74, 6) is 1.35. The summed E-state index contributed by atoms with van der Waals surface area (Å²) in [6.45, 7) is 3.71. The van der Waals surface area contributed by atoms with Crippen LogP contribution in [0, 0.1) is 12.8 Å². The highest BCUT2D eigenvalue weighted by Crippen LogP contribution is 2.34. The summed E-state index contributed by atoms with van der Waals surface area (Å²) in [5, 5.41) is 10.2. The molecule has 0 aromatic carbocycles. The van der Waals surface area contributed by atoms with Gasteiger partial charge in [0.25, 0.3) is 0 Å². The molecule has 0 aliphatic carbocycles. The number of aromatic amines is 1. The molecule has 0 bridgehead atoms. The Morgan fingerprint density at radius 1 is 1.50 bits per heavy atom. The number of rotatable bonds is 4. The van der Waals surface area contributed by atoms with Crippen molar-refractivity contribution in [2.75, 3.05) is 18.5 Å². The maximum atomic E-state index is 5.81. The number of pyridine rings is 1. The molecule has 0 spiro atoms. The predicted octanol–water partition coefficient (Wildman–Crippen LogP) is 3.07. The van der Waals surface area contributed by atoms with Crippen molar-refractivity contribution in [3.8, 4) is 0 Å². The van der Waals surface area contributed by atoms with Gasteiger partial charge in [-0.3, -0.25) is 5.10 Å². The first kappa shape index (κ1) is 13.6. The van der Waals surface area contributed by atoms with Gasteiger partial charge in [-0.2, -0.15) is 5.10 Å². The van der Waals surface area contributed by atoms with Crippen LogP contribution in [0.5, 0.6) is 0 Å². The molecule has 1 aliphatic rings. The van der Waals surface area contributed by atoms with E-state index in [1.54, 1.807) is 0 Å². The largest absolute Gasteiger partial charge is 0.373 e. The molecule has 3 rings (SSSR count). The lowest BCUT2D eigenvalue weighted by molar-refractivity contribution is 0.0933. The van der Waals surface area contributed by atoms with Crippen molar-refractivity contribution < 1.29 is 4.74 Å². The summed E-state index contributed by atoms with van der Waals surface area (Å²) in [6.07, 6.45) is 6.75. The zero-order valence-electron chi connectivity index (χ0n) is 11.3. The Labute approximate surface area is 126 Å². The number of aryl methyl sites for hydroxylation is 1. The molecule has 0 unspecified atom stereocenters. The van der Waals surface area contributed by atoms with Gasteiger partial charge in [-0.15, -0.1) is 0 Å². The van der Waals surface area contributed by atoms with Crippen molar-refractivity contribution >= 4 is 21.7 Å². The zero-order chi connectivity index (χ0) is 13.9. The Balaban J connectivity index is 1.64. The van der Waals surface area contributed by atoms with E-state index in [0.29, 0.717) is 5.92 Å². The fourth-order valence-corrected chi connectivity index (χ4v) is 2.72. The van der Waals surface area contributed by atoms with Gasteiger partial charge in [0, 0.05) is 41.5 Å². The van der Waals surface area contributed by atoms with E-state index < -0.39 is 0 Å². The van der Waals surface area contributed by atoms with E-state index in [0.717, 1.165) is 35.4 Å². The number of nitrogens with one attached hydrogen (secondary N) is 2. The molecule has 2 atom stereocenters. The maximum absolute atomic E-state index is 5.81. The first-order valence-electron chi connectivity index (χ1n) is 6.70. The van der Waals surface area contributed by atoms with Gasteiger partial charge < -0.3 is 10.1 Å². The number of hydrogen-bond donors (Lipinski definition) is 2. The summed E-state index contributed by atoms with van der Waals surface area (Å²) >= 11 is 3.46. The van der Waals surface area contributed by atoms with Gasteiger partial charge in [-0.25, -0.2) is 4.98 Å². The molecular weight excluding hydrogens is 320 g/mol. The molecule has 20 heavy (non-hydrogen) atoms. The predicted molar refractivity (Wildman–Crippen MR) is 80.6 cm³/mol. The summed E-state index contributed by atoms with van der Waals surface area (Å²) in [7, 11) is 0. The first-order valence-corrected chi connectivity index (χ1v) is 7.49. The average molecular weight is 337 g/mol. The van der Waals surface area contributed by atoms with Crippen molar-refractivity contribution in [2.45, 2.75) is 19.4 Å². The van der Waals surface area contributed by atoms with Gasteiger partial charge in [0.15, 0.2) is 0 Å². The summed E-state index contributed by atoms with van der Waals surface area (Å²) in [4.78, 5) is 4.37. The standard InChI is InChI=1S/C14H17BrN4O/c1-9-4-13(17-8-12(9)15)16-5-10-2-3-20-14(10)11-6-18-19-7-11/h4,6-8,10,14H,2-3,5H2,1H3,(H,16,17)(H,18,19)/t10-,14+/m1/s1. The van der Waals surface area contributed by atoms with Crippen LogP contribution in [0.3, 0.4) is 0 Å². The molecule has 0 saturated carbocycles. The van der Waals surface area contributed by atoms with E-state index in [1.807, 2.05) is 24.7 Å². The molecule has 2 aromatic rings. The number of ether oxygens (including phenoxy) is 1. The number of aromatic nitrogens is 3. The van der Waals surface area contributed by atoms with E-state index in [-0.39, 0.29) is 6.10 Å². The smallest absolute Gasteiger partial charge is 0.126 e. The number of nitrogens with zero attached hydrogens (tertiary/aromatic N) is 2. The summed E-state index contributed by atoms with van der Waals surface area (Å²) in [6, 6.07) is 2.05. The van der Waals surface area contributed by atoms with E-state index in [9.17, 15) is 0 Å². The number of anilines is 1. The first-order chi connectivity index (χ1) is 9.74. The zero-order valence-corrected chi connectivity index (χ0v) is 12.9. The topological polar surface area (TPSA) is 62.8 Å². The number of hydrogen-bond acceptors (Lipinski definition) is 4.